The minimum Gasteiger partial charge on any atom is -0.466 e. The largest absolute Gasteiger partial charge is 0.466 e. The maximum Gasteiger partial charge on any atom is 0.270 e. The van der Waals surface area contributed by atoms with Crippen LogP contribution in [-0.4, -0.2) is 22.7 Å². The summed E-state index contributed by atoms with van der Waals surface area (Å²) in [5, 5.41) is 0. The second-order valence-corrected chi connectivity index (χ2v) is 3.83. The quantitative estimate of drug-likeness (QED) is 0.341. The maximum atomic E-state index is 5.31. The Kier molecular flexibility index (Phi) is 9.31. The van der Waals surface area contributed by atoms with Crippen LogP contribution in [0.3, 0.4) is 0 Å². The molecule has 0 aromatic heterocycles. The Morgan fingerprint density at radius 2 is 1.77 bits per heavy atom. The topological polar surface area (TPSA) is 18.5 Å². The van der Waals surface area contributed by atoms with E-state index in [4.69, 9.17) is 9.47 Å². The van der Waals surface area contributed by atoms with Gasteiger partial charge in [-0.15, -0.1) is 0 Å². The number of rotatable bonds is 8. The fourth-order valence-electron chi connectivity index (χ4n) is 0.844. The van der Waals surface area contributed by atoms with E-state index in [1.165, 1.54) is 18.9 Å². The molecule has 0 aliphatic heterocycles. The Labute approximate surface area is 84.1 Å². The van der Waals surface area contributed by atoms with Crippen molar-refractivity contribution >= 4 is 9.52 Å². The van der Waals surface area contributed by atoms with E-state index in [9.17, 15) is 0 Å². The van der Waals surface area contributed by atoms with Crippen LogP contribution in [0.1, 0.15) is 33.6 Å². The Hall–Kier alpha value is -0.443. The van der Waals surface area contributed by atoms with E-state index >= 15 is 0 Å². The molecule has 0 amide bonds. The second kappa shape index (κ2) is 9.64. The first-order valence-electron chi connectivity index (χ1n) is 5.04. The van der Waals surface area contributed by atoms with Crippen molar-refractivity contribution in [2.24, 2.45) is 0 Å². The van der Waals surface area contributed by atoms with Crippen molar-refractivity contribution < 1.29 is 9.47 Å². The smallest absolute Gasteiger partial charge is 0.270 e. The van der Waals surface area contributed by atoms with Gasteiger partial charge in [-0.05, 0) is 19.5 Å². The van der Waals surface area contributed by atoms with Crippen LogP contribution in [0.2, 0.25) is 6.04 Å². The summed E-state index contributed by atoms with van der Waals surface area (Å²) in [4.78, 5) is 0. The van der Waals surface area contributed by atoms with Gasteiger partial charge in [0.2, 0.25) is 0 Å². The maximum absolute atomic E-state index is 5.31. The Balaban J connectivity index is 3.61. The first kappa shape index (κ1) is 12.6. The van der Waals surface area contributed by atoms with Gasteiger partial charge in [-0.2, -0.15) is 0 Å². The number of hydrogen-bond acceptors (Lipinski definition) is 2. The van der Waals surface area contributed by atoms with E-state index < -0.39 is 0 Å². The molecule has 0 aliphatic carbocycles. The molecule has 2 radical (unpaired) electrons. The first-order valence-corrected chi connectivity index (χ1v) is 6.32. The summed E-state index contributed by atoms with van der Waals surface area (Å²) in [5.41, 5.74) is 2.07. The van der Waals surface area contributed by atoms with Gasteiger partial charge in [-0.25, -0.2) is 0 Å². The van der Waals surface area contributed by atoms with E-state index in [-0.39, 0.29) is 0 Å². The van der Waals surface area contributed by atoms with Crippen LogP contribution >= 0.6 is 0 Å². The van der Waals surface area contributed by atoms with Gasteiger partial charge >= 0.3 is 0 Å². The van der Waals surface area contributed by atoms with E-state index in [1.807, 2.05) is 13.8 Å². The zero-order chi connectivity index (χ0) is 9.94. The highest BCUT2D eigenvalue weighted by Gasteiger charge is 1.95. The predicted octanol–water partition coefficient (Wildman–Crippen LogP) is 2.78. The van der Waals surface area contributed by atoms with E-state index in [2.05, 4.69) is 12.6 Å². The van der Waals surface area contributed by atoms with Gasteiger partial charge in [0, 0.05) is 0 Å². The van der Waals surface area contributed by atoms with Crippen molar-refractivity contribution in [2.45, 2.75) is 39.7 Å². The molecular weight excluding hydrogens is 180 g/mol. The Morgan fingerprint density at radius 3 is 2.23 bits per heavy atom. The third kappa shape index (κ3) is 7.90. The molecule has 0 saturated heterocycles. The molecule has 3 heteroatoms. The van der Waals surface area contributed by atoms with Gasteiger partial charge in [0.1, 0.15) is 0 Å². The summed E-state index contributed by atoms with van der Waals surface area (Å²) in [6.07, 6.45) is 2.56. The van der Waals surface area contributed by atoms with Crippen LogP contribution in [0.25, 0.3) is 0 Å². The van der Waals surface area contributed by atoms with Crippen molar-refractivity contribution in [3.8, 4) is 0 Å². The average Bonchev–Trinajstić information content (AvgIpc) is 2.13. The second-order valence-electron chi connectivity index (χ2n) is 2.64. The van der Waals surface area contributed by atoms with Gasteiger partial charge in [0.15, 0.2) is 0 Å². The summed E-state index contributed by atoms with van der Waals surface area (Å²) in [6.45, 7) is 7.53. The zero-order valence-electron chi connectivity index (χ0n) is 8.93. The SMILES string of the molecule is CCCC[Si]C=C(OCC)OCC. The molecule has 0 aromatic rings. The highest BCUT2D eigenvalue weighted by atomic mass is 28.2. The minimum atomic E-state index is 0.685. The molecule has 0 rings (SSSR count). The molecule has 0 heterocycles. The van der Waals surface area contributed by atoms with Crippen LogP contribution in [-0.2, 0) is 9.47 Å². The molecule has 0 fully saturated rings. The van der Waals surface area contributed by atoms with Crippen molar-refractivity contribution in [3.63, 3.8) is 0 Å². The fourth-order valence-corrected chi connectivity index (χ4v) is 1.88. The molecule has 0 aromatic carbocycles. The fraction of sp³-hybridized carbons (Fsp3) is 0.800. The minimum absolute atomic E-state index is 0.685. The highest BCUT2D eigenvalue weighted by molar-refractivity contribution is 6.42. The normalized spacial score (nSPS) is 9.46. The summed E-state index contributed by atoms with van der Waals surface area (Å²) >= 11 is 0. The molecular formula is C10H20O2Si. The van der Waals surface area contributed by atoms with Crippen LogP contribution in [0.4, 0.5) is 0 Å². The lowest BCUT2D eigenvalue weighted by molar-refractivity contribution is 0.0475. The van der Waals surface area contributed by atoms with E-state index in [1.54, 1.807) is 0 Å². The predicted molar refractivity (Wildman–Crippen MR) is 56.8 cm³/mol. The Bertz CT molecular complexity index is 127. The monoisotopic (exact) mass is 200 g/mol. The van der Waals surface area contributed by atoms with Crippen molar-refractivity contribution in [1.29, 1.82) is 0 Å². The molecule has 13 heavy (non-hydrogen) atoms. The lowest BCUT2D eigenvalue weighted by Crippen LogP contribution is -1.99. The number of ether oxygens (including phenoxy) is 2. The van der Waals surface area contributed by atoms with E-state index in [0.29, 0.717) is 19.2 Å². The van der Waals surface area contributed by atoms with Gasteiger partial charge in [-0.1, -0.05) is 25.8 Å². The summed E-state index contributed by atoms with van der Waals surface area (Å²) in [5.74, 6) is 0.708. The first-order chi connectivity index (χ1) is 6.35. The molecule has 0 saturated carbocycles. The summed E-state index contributed by atoms with van der Waals surface area (Å²) < 4.78 is 10.6. The molecule has 0 N–H and O–H groups in total. The lowest BCUT2D eigenvalue weighted by Gasteiger charge is -2.08. The Morgan fingerprint density at radius 1 is 1.15 bits per heavy atom. The van der Waals surface area contributed by atoms with Crippen molar-refractivity contribution in [1.82, 2.24) is 0 Å². The van der Waals surface area contributed by atoms with Gasteiger partial charge in [0.05, 0.1) is 22.7 Å². The van der Waals surface area contributed by atoms with Crippen LogP contribution in [0.5, 0.6) is 0 Å². The van der Waals surface area contributed by atoms with Crippen LogP contribution in [0, 0.1) is 0 Å². The molecule has 2 nitrogen and oxygen atoms in total. The van der Waals surface area contributed by atoms with Crippen LogP contribution < -0.4 is 0 Å². The van der Waals surface area contributed by atoms with Crippen molar-refractivity contribution in [3.05, 3.63) is 11.6 Å². The number of hydrogen-bond donors (Lipinski definition) is 0. The summed E-state index contributed by atoms with van der Waals surface area (Å²) in [7, 11) is 0.827. The number of unbranched alkanes of at least 4 members (excludes halogenated alkanes) is 1. The molecule has 0 atom stereocenters. The molecule has 0 aliphatic rings. The molecule has 76 valence electrons. The molecule has 0 bridgehead atoms. The summed E-state index contributed by atoms with van der Waals surface area (Å²) in [6, 6.07) is 1.25. The third-order valence-corrected chi connectivity index (χ3v) is 2.55. The van der Waals surface area contributed by atoms with Crippen LogP contribution in [0.15, 0.2) is 11.6 Å². The van der Waals surface area contributed by atoms with Gasteiger partial charge in [-0.3, -0.25) is 0 Å². The van der Waals surface area contributed by atoms with E-state index in [0.717, 1.165) is 9.52 Å². The molecule has 0 spiro atoms. The zero-order valence-corrected chi connectivity index (χ0v) is 9.93. The molecule has 0 unspecified atom stereocenters. The highest BCUT2D eigenvalue weighted by Crippen LogP contribution is 2.01. The standard InChI is InChI=1S/C10H20O2Si/c1-4-7-8-13-9-10(11-5-2)12-6-3/h9H,4-8H2,1-3H3. The lowest BCUT2D eigenvalue weighted by atomic mass is 10.4. The third-order valence-electron chi connectivity index (χ3n) is 1.47. The van der Waals surface area contributed by atoms with Gasteiger partial charge in [0.25, 0.3) is 5.95 Å². The average molecular weight is 200 g/mol. The van der Waals surface area contributed by atoms with Gasteiger partial charge < -0.3 is 9.47 Å². The van der Waals surface area contributed by atoms with Crippen molar-refractivity contribution in [2.75, 3.05) is 13.2 Å².